The topological polar surface area (TPSA) is 62.1 Å². The summed E-state index contributed by atoms with van der Waals surface area (Å²) in [4.78, 5) is 23.8. The van der Waals surface area contributed by atoms with E-state index in [2.05, 4.69) is 0 Å². The van der Waals surface area contributed by atoms with Gasteiger partial charge in [0.15, 0.2) is 0 Å². The monoisotopic (exact) mass is 345 g/mol. The van der Waals surface area contributed by atoms with Crippen LogP contribution in [0.4, 0.5) is 0 Å². The summed E-state index contributed by atoms with van der Waals surface area (Å²) in [6.45, 7) is 2.65. The standard InChI is InChI=1S/C17H17NO3.Cu/c1-11-4-6-12(7-5-11)16(19)15-9-8-14-13(17(20)21)3-2-10-18(14)15;/h4-9,13H,2-3,10H2,1H3,(H,20,21);/q;+1/p-1. The first-order valence-electron chi connectivity index (χ1n) is 7.09. The zero-order valence-electron chi connectivity index (χ0n) is 12.1. The fraction of sp³-hybridized carbons (Fsp3) is 0.294. The Labute approximate surface area is 139 Å². The van der Waals surface area contributed by atoms with Gasteiger partial charge < -0.3 is 14.5 Å². The van der Waals surface area contributed by atoms with Crippen molar-refractivity contribution >= 4 is 11.8 Å². The van der Waals surface area contributed by atoms with Gasteiger partial charge in [0.2, 0.25) is 5.78 Å². The second kappa shape index (κ2) is 6.51. The maximum absolute atomic E-state index is 12.6. The Hall–Kier alpha value is -1.84. The fourth-order valence-electron chi connectivity index (χ4n) is 2.93. The molecule has 0 fully saturated rings. The van der Waals surface area contributed by atoms with E-state index in [-0.39, 0.29) is 22.9 Å². The van der Waals surface area contributed by atoms with Crippen molar-refractivity contribution in [1.29, 1.82) is 0 Å². The van der Waals surface area contributed by atoms with Crippen molar-refractivity contribution in [2.75, 3.05) is 0 Å². The van der Waals surface area contributed by atoms with E-state index in [0.717, 1.165) is 12.0 Å². The van der Waals surface area contributed by atoms with E-state index in [1.807, 2.05) is 23.6 Å². The maximum Gasteiger partial charge on any atom is 1.00 e. The van der Waals surface area contributed by atoms with Gasteiger partial charge in [-0.1, -0.05) is 29.8 Å². The predicted molar refractivity (Wildman–Crippen MR) is 76.0 cm³/mol. The van der Waals surface area contributed by atoms with E-state index < -0.39 is 11.9 Å². The number of hydrogen-bond donors (Lipinski definition) is 0. The molecular weight excluding hydrogens is 330 g/mol. The van der Waals surface area contributed by atoms with Gasteiger partial charge in [-0.15, -0.1) is 0 Å². The van der Waals surface area contributed by atoms with Crippen LogP contribution in [0, 0.1) is 6.92 Å². The van der Waals surface area contributed by atoms with Crippen molar-refractivity contribution in [3.63, 3.8) is 0 Å². The molecule has 1 aliphatic rings. The van der Waals surface area contributed by atoms with Gasteiger partial charge in [-0.25, -0.2) is 0 Å². The quantitative estimate of drug-likeness (QED) is 0.627. The van der Waals surface area contributed by atoms with Gasteiger partial charge in [0.25, 0.3) is 0 Å². The van der Waals surface area contributed by atoms with Crippen molar-refractivity contribution in [3.05, 3.63) is 58.9 Å². The summed E-state index contributed by atoms with van der Waals surface area (Å²) < 4.78 is 1.83. The summed E-state index contributed by atoms with van der Waals surface area (Å²) in [5.74, 6) is -1.75. The first-order valence-corrected chi connectivity index (χ1v) is 7.09. The Morgan fingerprint density at radius 2 is 1.82 bits per heavy atom. The molecule has 0 radical (unpaired) electrons. The molecule has 5 heteroatoms. The molecule has 1 unspecified atom stereocenters. The number of benzene rings is 1. The molecule has 0 amide bonds. The van der Waals surface area contributed by atoms with Crippen molar-refractivity contribution in [1.82, 2.24) is 4.57 Å². The van der Waals surface area contributed by atoms with Crippen LogP contribution in [0.5, 0.6) is 0 Å². The number of rotatable bonds is 3. The predicted octanol–water partition coefficient (Wildman–Crippen LogP) is 1.65. The number of hydrogen-bond acceptors (Lipinski definition) is 3. The second-order valence-corrected chi connectivity index (χ2v) is 5.50. The van der Waals surface area contributed by atoms with E-state index >= 15 is 0 Å². The maximum atomic E-state index is 12.6. The fourth-order valence-corrected chi connectivity index (χ4v) is 2.93. The molecule has 0 saturated heterocycles. The summed E-state index contributed by atoms with van der Waals surface area (Å²) in [6.07, 6.45) is 1.32. The number of nitrogens with zero attached hydrogens (tertiary/aromatic N) is 1. The van der Waals surface area contributed by atoms with Gasteiger partial charge >= 0.3 is 17.1 Å². The summed E-state index contributed by atoms with van der Waals surface area (Å²) in [5.41, 5.74) is 2.95. The van der Waals surface area contributed by atoms with Crippen LogP contribution in [0.2, 0.25) is 0 Å². The molecule has 2 heterocycles. The molecule has 2 aromatic rings. The Morgan fingerprint density at radius 3 is 2.45 bits per heavy atom. The molecule has 0 spiro atoms. The minimum atomic E-state index is -1.07. The van der Waals surface area contributed by atoms with Gasteiger partial charge in [-0.2, -0.15) is 0 Å². The Bertz CT molecular complexity index is 703. The molecule has 118 valence electrons. The zero-order chi connectivity index (χ0) is 15.0. The van der Waals surface area contributed by atoms with Gasteiger partial charge in [0.05, 0.1) is 11.7 Å². The minimum Gasteiger partial charge on any atom is -0.549 e. The molecule has 1 atom stereocenters. The van der Waals surface area contributed by atoms with Crippen LogP contribution in [0.3, 0.4) is 0 Å². The first kappa shape index (κ1) is 16.5. The van der Waals surface area contributed by atoms with Gasteiger partial charge in [-0.05, 0) is 31.9 Å². The smallest absolute Gasteiger partial charge is 0.549 e. The molecule has 1 aromatic carbocycles. The third-order valence-corrected chi connectivity index (χ3v) is 4.08. The van der Waals surface area contributed by atoms with Crippen LogP contribution >= 0.6 is 0 Å². The molecule has 0 N–H and O–H groups in total. The number of ketones is 1. The van der Waals surface area contributed by atoms with Crippen molar-refractivity contribution < 1.29 is 31.8 Å². The summed E-state index contributed by atoms with van der Waals surface area (Å²) in [7, 11) is 0. The molecule has 22 heavy (non-hydrogen) atoms. The summed E-state index contributed by atoms with van der Waals surface area (Å²) >= 11 is 0. The summed E-state index contributed by atoms with van der Waals surface area (Å²) in [6, 6.07) is 10.9. The van der Waals surface area contributed by atoms with Crippen molar-refractivity contribution in [3.8, 4) is 0 Å². The molecular formula is C17H16CuNO3. The average molecular weight is 346 g/mol. The number of aromatic nitrogens is 1. The van der Waals surface area contributed by atoms with Gasteiger partial charge in [-0.3, -0.25) is 4.79 Å². The molecule has 0 saturated carbocycles. The normalized spacial score (nSPS) is 16.5. The number of fused-ring (bicyclic) bond motifs is 1. The van der Waals surface area contributed by atoms with Gasteiger partial charge in [0.1, 0.15) is 0 Å². The number of carboxylic acid groups (broad SMARTS) is 1. The SMILES string of the molecule is Cc1ccc(C(=O)c2ccc3n2CCCC3C(=O)[O-])cc1.[Cu+]. The van der Waals surface area contributed by atoms with Crippen LogP contribution in [0.15, 0.2) is 36.4 Å². The number of aryl methyl sites for hydroxylation is 1. The third kappa shape index (κ3) is 2.87. The Kier molecular flexibility index (Phi) is 4.89. The first-order chi connectivity index (χ1) is 10.1. The van der Waals surface area contributed by atoms with Crippen molar-refractivity contribution in [2.45, 2.75) is 32.2 Å². The molecule has 4 nitrogen and oxygen atoms in total. The zero-order valence-corrected chi connectivity index (χ0v) is 13.1. The van der Waals surface area contributed by atoms with E-state index in [4.69, 9.17) is 0 Å². The molecule has 1 aliphatic heterocycles. The molecule has 3 rings (SSSR count). The van der Waals surface area contributed by atoms with Crippen LogP contribution in [-0.4, -0.2) is 16.3 Å². The molecule has 1 aromatic heterocycles. The van der Waals surface area contributed by atoms with E-state index in [1.165, 1.54) is 0 Å². The second-order valence-electron chi connectivity index (χ2n) is 5.50. The minimum absolute atomic E-state index is 0. The number of carbonyl (C=O) groups excluding carboxylic acids is 2. The average Bonchev–Trinajstić information content (AvgIpc) is 2.90. The van der Waals surface area contributed by atoms with E-state index in [9.17, 15) is 14.7 Å². The van der Waals surface area contributed by atoms with Crippen LogP contribution in [0.1, 0.15) is 46.1 Å². The Morgan fingerprint density at radius 1 is 1.14 bits per heavy atom. The van der Waals surface area contributed by atoms with Gasteiger partial charge in [0, 0.05) is 23.7 Å². The van der Waals surface area contributed by atoms with E-state index in [0.29, 0.717) is 29.9 Å². The number of carbonyl (C=O) groups is 2. The number of aliphatic carboxylic acids is 1. The van der Waals surface area contributed by atoms with Crippen molar-refractivity contribution in [2.24, 2.45) is 0 Å². The van der Waals surface area contributed by atoms with Crippen LogP contribution in [-0.2, 0) is 28.4 Å². The van der Waals surface area contributed by atoms with Crippen LogP contribution in [0.25, 0.3) is 0 Å². The summed E-state index contributed by atoms with van der Waals surface area (Å²) in [5, 5.41) is 11.2. The number of carboxylic acids is 1. The molecule has 0 bridgehead atoms. The molecule has 0 aliphatic carbocycles. The van der Waals surface area contributed by atoms with E-state index in [1.54, 1.807) is 24.3 Å². The third-order valence-electron chi connectivity index (χ3n) is 4.08. The largest absolute Gasteiger partial charge is 1.00 e. The Balaban J connectivity index is 0.00000176. The van der Waals surface area contributed by atoms with Crippen LogP contribution < -0.4 is 5.11 Å².